The minimum absolute atomic E-state index is 0.0171. The second-order valence-electron chi connectivity index (χ2n) is 11.6. The van der Waals surface area contributed by atoms with Gasteiger partial charge in [-0.3, -0.25) is 14.4 Å². The van der Waals surface area contributed by atoms with E-state index in [1.807, 2.05) is 51.1 Å². The number of benzene rings is 2. The first-order valence-electron chi connectivity index (χ1n) is 13.5. The summed E-state index contributed by atoms with van der Waals surface area (Å²) in [5.41, 5.74) is -0.554. The van der Waals surface area contributed by atoms with E-state index in [2.05, 4.69) is 10.0 Å². The van der Waals surface area contributed by atoms with Gasteiger partial charge in [0.25, 0.3) is 5.91 Å². The molecule has 2 N–H and O–H groups in total. The van der Waals surface area contributed by atoms with Crippen molar-refractivity contribution in [3.63, 3.8) is 0 Å². The Morgan fingerprint density at radius 2 is 1.76 bits per heavy atom. The third-order valence-electron chi connectivity index (χ3n) is 7.72. The maximum Gasteiger partial charge on any atom is 0.262 e. The van der Waals surface area contributed by atoms with Crippen LogP contribution in [0.3, 0.4) is 0 Å². The summed E-state index contributed by atoms with van der Waals surface area (Å²) in [6.07, 6.45) is 0.593. The van der Waals surface area contributed by atoms with Gasteiger partial charge in [-0.15, -0.1) is 11.3 Å². The van der Waals surface area contributed by atoms with Crippen LogP contribution >= 0.6 is 22.9 Å². The molecule has 42 heavy (non-hydrogen) atoms. The maximum absolute atomic E-state index is 13.8. The highest BCUT2D eigenvalue weighted by atomic mass is 35.5. The number of thiophene rings is 1. The monoisotopic (exact) mass is 632 g/mol. The molecule has 2 fully saturated rings. The van der Waals surface area contributed by atoms with Crippen LogP contribution in [-0.4, -0.2) is 80.8 Å². The van der Waals surface area contributed by atoms with Gasteiger partial charge in [-0.2, -0.15) is 0 Å². The molecule has 1 unspecified atom stereocenters. The third-order valence-corrected chi connectivity index (χ3v) is 10.7. The van der Waals surface area contributed by atoms with Crippen molar-refractivity contribution in [2.75, 3.05) is 26.7 Å². The molecule has 2 aromatic carbocycles. The molecule has 0 radical (unpaired) electrons. The van der Waals surface area contributed by atoms with Gasteiger partial charge < -0.3 is 19.9 Å². The van der Waals surface area contributed by atoms with E-state index in [0.29, 0.717) is 30.1 Å². The van der Waals surface area contributed by atoms with Gasteiger partial charge in [-0.1, -0.05) is 50.6 Å². The zero-order valence-corrected chi connectivity index (χ0v) is 26.1. The van der Waals surface area contributed by atoms with Gasteiger partial charge in [0.15, 0.2) is 0 Å². The highest BCUT2D eigenvalue weighted by Crippen LogP contribution is 2.34. The minimum atomic E-state index is -4.04. The average Bonchev–Trinajstić information content (AvgIpc) is 3.68. The highest BCUT2D eigenvalue weighted by molar-refractivity contribution is 7.89. The number of nitrogens with zero attached hydrogens (tertiary/aromatic N) is 2. The number of methoxy groups -OCH3 is 1. The van der Waals surface area contributed by atoms with E-state index in [-0.39, 0.29) is 39.7 Å². The van der Waals surface area contributed by atoms with E-state index in [0.717, 1.165) is 10.1 Å². The molecule has 2 aliphatic rings. The van der Waals surface area contributed by atoms with E-state index in [9.17, 15) is 22.8 Å². The number of ether oxygens (including phenoxy) is 1. The van der Waals surface area contributed by atoms with Crippen molar-refractivity contribution >= 4 is 60.8 Å². The van der Waals surface area contributed by atoms with Gasteiger partial charge in [0.2, 0.25) is 21.8 Å². The molecule has 3 heterocycles. The summed E-state index contributed by atoms with van der Waals surface area (Å²) >= 11 is 7.50. The van der Waals surface area contributed by atoms with Crippen LogP contribution in [-0.2, 0) is 19.6 Å². The fourth-order valence-electron chi connectivity index (χ4n) is 5.52. The molecule has 1 aromatic heterocycles. The Balaban J connectivity index is 1.21. The summed E-state index contributed by atoms with van der Waals surface area (Å²) in [4.78, 5) is 43.8. The smallest absolute Gasteiger partial charge is 0.262 e. The fourth-order valence-corrected chi connectivity index (χ4v) is 7.99. The topological polar surface area (TPSA) is 125 Å². The maximum atomic E-state index is 13.8. The van der Waals surface area contributed by atoms with Crippen LogP contribution in [0.25, 0.3) is 10.1 Å². The Labute approximate surface area is 254 Å². The minimum Gasteiger partial charge on any atom is -0.497 e. The van der Waals surface area contributed by atoms with Crippen molar-refractivity contribution in [2.24, 2.45) is 5.41 Å². The van der Waals surface area contributed by atoms with E-state index < -0.39 is 28.0 Å². The average molecular weight is 633 g/mol. The molecule has 2 saturated heterocycles. The van der Waals surface area contributed by atoms with Gasteiger partial charge in [0.1, 0.15) is 16.7 Å². The third kappa shape index (κ3) is 5.98. The van der Waals surface area contributed by atoms with Crippen LogP contribution in [0.5, 0.6) is 5.75 Å². The zero-order valence-electron chi connectivity index (χ0n) is 23.7. The summed E-state index contributed by atoms with van der Waals surface area (Å²) in [5.74, 6) is -0.454. The predicted molar refractivity (Wildman–Crippen MR) is 161 cm³/mol. The molecule has 0 spiro atoms. The standard InChI is InChI=1S/C29H33ClN4O6S2/c1-29(2,3)26(32-27(36)23-11-17-7-5-6-8-22(17)41-23)28(37)34-16-18-12-19(34)15-33(18)25(35)14-31-42(38,39)24-10-9-20(40-4)13-21(24)30/h5-11,13,18-19,26,31H,12,14-16H2,1-4H3,(H,32,36)/t18-,19-,26?/m0/s1. The Morgan fingerprint density at radius 3 is 2.38 bits per heavy atom. The number of amides is 3. The molecule has 5 rings (SSSR count). The highest BCUT2D eigenvalue weighted by Gasteiger charge is 2.49. The Morgan fingerprint density at radius 1 is 1.07 bits per heavy atom. The lowest BCUT2D eigenvalue weighted by Gasteiger charge is -2.39. The number of piperazine rings is 1. The number of fused-ring (bicyclic) bond motifs is 3. The van der Waals surface area contributed by atoms with Gasteiger partial charge >= 0.3 is 0 Å². The summed E-state index contributed by atoms with van der Waals surface area (Å²) in [6, 6.07) is 12.5. The first-order chi connectivity index (χ1) is 19.8. The molecule has 2 bridgehead atoms. The number of hydrogen-bond donors (Lipinski definition) is 2. The summed E-state index contributed by atoms with van der Waals surface area (Å²) < 4.78 is 34.0. The number of carbonyl (C=O) groups is 3. The SMILES string of the molecule is COc1ccc(S(=O)(=O)NCC(=O)N2C[C@@H]3C[C@H]2CN3C(=O)C(NC(=O)c2cc3ccccc3s2)C(C)(C)C)c(Cl)c1. The molecule has 3 atom stereocenters. The number of carbonyl (C=O) groups excluding carboxylic acids is 3. The van der Waals surface area contributed by atoms with Gasteiger partial charge in [-0.25, -0.2) is 13.1 Å². The van der Waals surface area contributed by atoms with Crippen LogP contribution in [0.15, 0.2) is 53.4 Å². The lowest BCUT2D eigenvalue weighted by Crippen LogP contribution is -2.59. The molecule has 3 aromatic rings. The molecular weight excluding hydrogens is 600 g/mol. The van der Waals surface area contributed by atoms with E-state index >= 15 is 0 Å². The zero-order chi connectivity index (χ0) is 30.4. The molecule has 3 amide bonds. The normalized spacial score (nSPS) is 19.3. The second kappa shape index (κ2) is 11.5. The molecule has 2 aliphatic heterocycles. The first kappa shape index (κ1) is 30.3. The lowest BCUT2D eigenvalue weighted by molar-refractivity contribution is -0.142. The number of rotatable bonds is 8. The molecule has 13 heteroatoms. The lowest BCUT2D eigenvalue weighted by atomic mass is 9.85. The molecule has 10 nitrogen and oxygen atoms in total. The number of nitrogens with one attached hydrogen (secondary N) is 2. The Hall–Kier alpha value is -3.19. The Bertz CT molecular complexity index is 1620. The van der Waals surface area contributed by atoms with Crippen LogP contribution in [0.2, 0.25) is 5.02 Å². The number of likely N-dealkylation sites (tertiary alicyclic amines) is 2. The van der Waals surface area contributed by atoms with Gasteiger partial charge in [0.05, 0.1) is 35.6 Å². The number of halogens is 1. The largest absolute Gasteiger partial charge is 0.497 e. The second-order valence-corrected chi connectivity index (χ2v) is 14.8. The van der Waals surface area contributed by atoms with Crippen molar-refractivity contribution < 1.29 is 27.5 Å². The van der Waals surface area contributed by atoms with Crippen molar-refractivity contribution in [2.45, 2.75) is 50.2 Å². The van der Waals surface area contributed by atoms with Gasteiger partial charge in [-0.05, 0) is 41.5 Å². The quantitative estimate of drug-likeness (QED) is 0.392. The fraction of sp³-hybridized carbons (Fsp3) is 0.414. The molecule has 0 saturated carbocycles. The van der Waals surface area contributed by atoms with Crippen LogP contribution in [0, 0.1) is 5.41 Å². The van der Waals surface area contributed by atoms with E-state index in [1.54, 1.807) is 9.80 Å². The number of hydrogen-bond acceptors (Lipinski definition) is 7. The van der Waals surface area contributed by atoms with Crippen molar-refractivity contribution in [1.29, 1.82) is 0 Å². The summed E-state index contributed by atoms with van der Waals surface area (Å²) in [6.45, 7) is 5.90. The predicted octanol–water partition coefficient (Wildman–Crippen LogP) is 3.50. The summed E-state index contributed by atoms with van der Waals surface area (Å²) in [7, 11) is -2.59. The molecule has 224 valence electrons. The van der Waals surface area contributed by atoms with Crippen LogP contribution in [0.1, 0.15) is 36.9 Å². The van der Waals surface area contributed by atoms with Gasteiger partial charge in [0, 0.05) is 23.9 Å². The number of sulfonamides is 1. The molecule has 0 aliphatic carbocycles. The van der Waals surface area contributed by atoms with Crippen molar-refractivity contribution in [1.82, 2.24) is 19.8 Å². The van der Waals surface area contributed by atoms with E-state index in [4.69, 9.17) is 16.3 Å². The van der Waals surface area contributed by atoms with Crippen molar-refractivity contribution in [3.8, 4) is 5.75 Å². The van der Waals surface area contributed by atoms with Crippen molar-refractivity contribution in [3.05, 3.63) is 58.4 Å². The molecular formula is C29H33ClN4O6S2. The van der Waals surface area contributed by atoms with E-state index in [1.165, 1.54) is 36.6 Å². The van der Waals surface area contributed by atoms with Crippen LogP contribution < -0.4 is 14.8 Å². The Kier molecular flexibility index (Phi) is 8.27. The van der Waals surface area contributed by atoms with Crippen LogP contribution in [0.4, 0.5) is 0 Å². The summed E-state index contributed by atoms with van der Waals surface area (Å²) in [5, 5.41) is 3.93. The first-order valence-corrected chi connectivity index (χ1v) is 16.2.